The molecular formula is C8H14ClNO2. The van der Waals surface area contributed by atoms with Gasteiger partial charge < -0.3 is 4.74 Å². The van der Waals surface area contributed by atoms with Crippen LogP contribution in [0, 0.1) is 0 Å². The Balaban J connectivity index is 0.00000121. The van der Waals surface area contributed by atoms with E-state index in [1.807, 2.05) is 19.1 Å². The first kappa shape index (κ1) is 11.5. The Bertz CT molecular complexity index is 193. The standard InChI is InChI=1S/C8H13NO2.ClH/c1-8(7(10)11-2)5-3-4-6-9-8;/h3,5,9H,4,6H2,1-2H3;1H. The van der Waals surface area contributed by atoms with E-state index < -0.39 is 5.54 Å². The van der Waals surface area contributed by atoms with E-state index in [0.29, 0.717) is 0 Å². The molecule has 1 aliphatic heterocycles. The van der Waals surface area contributed by atoms with Crippen molar-refractivity contribution >= 4 is 18.4 Å². The topological polar surface area (TPSA) is 38.3 Å². The highest BCUT2D eigenvalue weighted by molar-refractivity contribution is 5.85. The minimum Gasteiger partial charge on any atom is -0.467 e. The number of hydrogen-bond acceptors (Lipinski definition) is 3. The lowest BCUT2D eigenvalue weighted by atomic mass is 9.98. The molecule has 0 spiro atoms. The van der Waals surface area contributed by atoms with E-state index in [9.17, 15) is 4.79 Å². The summed E-state index contributed by atoms with van der Waals surface area (Å²) in [4.78, 5) is 11.2. The van der Waals surface area contributed by atoms with Crippen LogP contribution in [0.25, 0.3) is 0 Å². The number of halogens is 1. The predicted octanol–water partition coefficient (Wildman–Crippen LogP) is 0.889. The molecule has 1 heterocycles. The molecule has 1 atom stereocenters. The van der Waals surface area contributed by atoms with Crippen molar-refractivity contribution in [1.29, 1.82) is 0 Å². The van der Waals surface area contributed by atoms with E-state index in [-0.39, 0.29) is 18.4 Å². The van der Waals surface area contributed by atoms with E-state index in [1.54, 1.807) is 0 Å². The minimum atomic E-state index is -0.604. The quantitative estimate of drug-likeness (QED) is 0.494. The highest BCUT2D eigenvalue weighted by Crippen LogP contribution is 2.12. The zero-order valence-electron chi connectivity index (χ0n) is 7.29. The van der Waals surface area contributed by atoms with Crippen LogP contribution < -0.4 is 5.32 Å². The van der Waals surface area contributed by atoms with Crippen LogP contribution in [0.3, 0.4) is 0 Å². The van der Waals surface area contributed by atoms with E-state index in [0.717, 1.165) is 13.0 Å². The van der Waals surface area contributed by atoms with Gasteiger partial charge in [-0.1, -0.05) is 12.2 Å². The maximum Gasteiger partial charge on any atom is 0.329 e. The summed E-state index contributed by atoms with van der Waals surface area (Å²) in [5.41, 5.74) is -0.604. The van der Waals surface area contributed by atoms with Crippen molar-refractivity contribution in [3.8, 4) is 0 Å². The maximum absolute atomic E-state index is 11.2. The van der Waals surface area contributed by atoms with Crippen LogP contribution in [0.15, 0.2) is 12.2 Å². The second-order valence-electron chi connectivity index (χ2n) is 2.81. The van der Waals surface area contributed by atoms with Crippen molar-refractivity contribution in [2.75, 3.05) is 13.7 Å². The summed E-state index contributed by atoms with van der Waals surface area (Å²) in [5.74, 6) is -0.228. The van der Waals surface area contributed by atoms with Gasteiger partial charge in [-0.05, 0) is 19.9 Å². The first-order chi connectivity index (χ1) is 5.19. The first-order valence-corrected chi connectivity index (χ1v) is 3.70. The third kappa shape index (κ3) is 2.22. The molecule has 1 N–H and O–H groups in total. The molecule has 1 unspecified atom stereocenters. The van der Waals surface area contributed by atoms with Gasteiger partial charge in [0.25, 0.3) is 0 Å². The normalized spacial score (nSPS) is 27.5. The van der Waals surface area contributed by atoms with Gasteiger partial charge in [-0.3, -0.25) is 5.32 Å². The van der Waals surface area contributed by atoms with Crippen LogP contribution in [-0.4, -0.2) is 25.2 Å². The number of ether oxygens (including phenoxy) is 1. The van der Waals surface area contributed by atoms with Gasteiger partial charge in [-0.2, -0.15) is 0 Å². The van der Waals surface area contributed by atoms with Gasteiger partial charge in [-0.25, -0.2) is 4.79 Å². The Morgan fingerprint density at radius 3 is 2.75 bits per heavy atom. The van der Waals surface area contributed by atoms with Gasteiger partial charge in [0, 0.05) is 0 Å². The van der Waals surface area contributed by atoms with Crippen molar-refractivity contribution < 1.29 is 9.53 Å². The van der Waals surface area contributed by atoms with E-state index in [2.05, 4.69) is 10.1 Å². The molecule has 0 aromatic heterocycles. The van der Waals surface area contributed by atoms with Crippen molar-refractivity contribution in [2.24, 2.45) is 0 Å². The van der Waals surface area contributed by atoms with Gasteiger partial charge in [0.1, 0.15) is 5.54 Å². The second-order valence-corrected chi connectivity index (χ2v) is 2.81. The molecule has 1 aliphatic rings. The molecule has 0 saturated heterocycles. The van der Waals surface area contributed by atoms with Crippen molar-refractivity contribution in [1.82, 2.24) is 5.32 Å². The molecule has 0 saturated carbocycles. The molecule has 0 radical (unpaired) electrons. The zero-order valence-corrected chi connectivity index (χ0v) is 8.11. The van der Waals surface area contributed by atoms with Crippen LogP contribution in [0.5, 0.6) is 0 Å². The molecule has 70 valence electrons. The summed E-state index contributed by atoms with van der Waals surface area (Å²) in [5, 5.41) is 3.08. The molecule has 0 aromatic rings. The minimum absolute atomic E-state index is 0. The summed E-state index contributed by atoms with van der Waals surface area (Å²) in [6.07, 6.45) is 4.82. The lowest BCUT2D eigenvalue weighted by Crippen LogP contribution is -2.50. The third-order valence-electron chi connectivity index (χ3n) is 1.86. The highest BCUT2D eigenvalue weighted by Gasteiger charge is 2.31. The Hall–Kier alpha value is -0.540. The molecule has 0 bridgehead atoms. The predicted molar refractivity (Wildman–Crippen MR) is 49.4 cm³/mol. The van der Waals surface area contributed by atoms with Gasteiger partial charge in [0.15, 0.2) is 0 Å². The Labute approximate surface area is 78.6 Å². The average molecular weight is 192 g/mol. The lowest BCUT2D eigenvalue weighted by Gasteiger charge is -2.27. The Morgan fingerprint density at radius 1 is 1.67 bits per heavy atom. The summed E-state index contributed by atoms with van der Waals surface area (Å²) >= 11 is 0. The fourth-order valence-electron chi connectivity index (χ4n) is 1.15. The highest BCUT2D eigenvalue weighted by atomic mass is 35.5. The summed E-state index contributed by atoms with van der Waals surface area (Å²) in [7, 11) is 1.40. The van der Waals surface area contributed by atoms with Crippen molar-refractivity contribution in [2.45, 2.75) is 18.9 Å². The van der Waals surface area contributed by atoms with Crippen molar-refractivity contribution in [3.05, 3.63) is 12.2 Å². The number of carbonyl (C=O) groups is 1. The molecule has 0 aromatic carbocycles. The fourth-order valence-corrected chi connectivity index (χ4v) is 1.15. The number of nitrogens with one attached hydrogen (secondary N) is 1. The second kappa shape index (κ2) is 4.48. The average Bonchev–Trinajstić information content (AvgIpc) is 2.04. The Kier molecular flexibility index (Phi) is 4.28. The molecule has 0 amide bonds. The monoisotopic (exact) mass is 191 g/mol. The lowest BCUT2D eigenvalue weighted by molar-refractivity contribution is -0.145. The number of methoxy groups -OCH3 is 1. The molecule has 3 nitrogen and oxygen atoms in total. The smallest absolute Gasteiger partial charge is 0.329 e. The molecule has 0 aliphatic carbocycles. The molecule has 1 rings (SSSR count). The number of rotatable bonds is 1. The van der Waals surface area contributed by atoms with Crippen LogP contribution >= 0.6 is 12.4 Å². The SMILES string of the molecule is COC(=O)C1(C)C=CCCN1.Cl. The first-order valence-electron chi connectivity index (χ1n) is 3.70. The summed E-state index contributed by atoms with van der Waals surface area (Å²) in [6, 6.07) is 0. The van der Waals surface area contributed by atoms with Crippen LogP contribution in [0.2, 0.25) is 0 Å². The summed E-state index contributed by atoms with van der Waals surface area (Å²) in [6.45, 7) is 2.65. The van der Waals surface area contributed by atoms with Gasteiger partial charge >= 0.3 is 5.97 Å². The van der Waals surface area contributed by atoms with Gasteiger partial charge in [0.05, 0.1) is 7.11 Å². The number of esters is 1. The summed E-state index contributed by atoms with van der Waals surface area (Å²) < 4.78 is 4.64. The molecule has 4 heteroatoms. The van der Waals surface area contributed by atoms with Crippen molar-refractivity contribution in [3.63, 3.8) is 0 Å². The van der Waals surface area contributed by atoms with Gasteiger partial charge in [-0.15, -0.1) is 12.4 Å². The zero-order chi connectivity index (χ0) is 8.32. The number of carbonyl (C=O) groups excluding carboxylic acids is 1. The van der Waals surface area contributed by atoms with Gasteiger partial charge in [0.2, 0.25) is 0 Å². The third-order valence-corrected chi connectivity index (χ3v) is 1.86. The number of hydrogen-bond donors (Lipinski definition) is 1. The van der Waals surface area contributed by atoms with Crippen LogP contribution in [-0.2, 0) is 9.53 Å². The van der Waals surface area contributed by atoms with E-state index in [4.69, 9.17) is 0 Å². The fraction of sp³-hybridized carbons (Fsp3) is 0.625. The van der Waals surface area contributed by atoms with E-state index >= 15 is 0 Å². The van der Waals surface area contributed by atoms with E-state index in [1.165, 1.54) is 7.11 Å². The molecule has 12 heavy (non-hydrogen) atoms. The largest absolute Gasteiger partial charge is 0.467 e. The molecule has 0 fully saturated rings. The molecular weight excluding hydrogens is 178 g/mol. The maximum atomic E-state index is 11.2. The Morgan fingerprint density at radius 2 is 2.33 bits per heavy atom. The van der Waals surface area contributed by atoms with Crippen LogP contribution in [0.1, 0.15) is 13.3 Å². The van der Waals surface area contributed by atoms with Crippen LogP contribution in [0.4, 0.5) is 0 Å².